The lowest BCUT2D eigenvalue weighted by Gasteiger charge is -2.13. The molecule has 3 N–H and O–H groups in total. The summed E-state index contributed by atoms with van der Waals surface area (Å²) in [5.74, 6) is 0. The zero-order valence-electron chi connectivity index (χ0n) is 12.5. The maximum atomic E-state index is 12.6. The third-order valence-corrected chi connectivity index (χ3v) is 6.02. The fourth-order valence-electron chi connectivity index (χ4n) is 2.15. The summed E-state index contributed by atoms with van der Waals surface area (Å²) in [5.41, 5.74) is 1.04. The second-order valence-electron chi connectivity index (χ2n) is 4.95. The SMILES string of the molecule is CNCc1n[nH]c(C)c1S(=O)(=O)NC(C)c1ccc(C)s1. The number of aromatic nitrogens is 2. The van der Waals surface area contributed by atoms with Crippen LogP contribution in [0.3, 0.4) is 0 Å². The molecule has 2 aromatic rings. The number of hydrogen-bond acceptors (Lipinski definition) is 5. The van der Waals surface area contributed by atoms with Crippen LogP contribution in [0, 0.1) is 13.8 Å². The average Bonchev–Trinajstić information content (AvgIpc) is 2.96. The first-order valence-electron chi connectivity index (χ1n) is 6.62. The summed E-state index contributed by atoms with van der Waals surface area (Å²) >= 11 is 1.59. The molecule has 2 heterocycles. The van der Waals surface area contributed by atoms with Crippen LogP contribution in [-0.4, -0.2) is 25.7 Å². The van der Waals surface area contributed by atoms with Gasteiger partial charge in [-0.2, -0.15) is 5.10 Å². The normalized spacial score (nSPS) is 13.5. The topological polar surface area (TPSA) is 86.9 Å². The molecule has 116 valence electrons. The molecule has 2 aromatic heterocycles. The molecule has 21 heavy (non-hydrogen) atoms. The number of aromatic amines is 1. The molecule has 8 heteroatoms. The highest BCUT2D eigenvalue weighted by Crippen LogP contribution is 2.25. The monoisotopic (exact) mass is 328 g/mol. The number of rotatable bonds is 6. The van der Waals surface area contributed by atoms with Gasteiger partial charge in [0.05, 0.1) is 17.4 Å². The van der Waals surface area contributed by atoms with Crippen molar-refractivity contribution in [1.29, 1.82) is 0 Å². The molecule has 0 aliphatic rings. The molecular formula is C13H20N4O2S2. The summed E-state index contributed by atoms with van der Waals surface area (Å²) < 4.78 is 27.9. The molecule has 2 rings (SSSR count). The van der Waals surface area contributed by atoms with Crippen molar-refractivity contribution >= 4 is 21.4 Å². The quantitative estimate of drug-likeness (QED) is 0.755. The van der Waals surface area contributed by atoms with E-state index in [2.05, 4.69) is 20.2 Å². The Labute approximate surface area is 129 Å². The number of nitrogens with one attached hydrogen (secondary N) is 3. The van der Waals surface area contributed by atoms with Crippen molar-refractivity contribution in [1.82, 2.24) is 20.2 Å². The smallest absolute Gasteiger partial charge is 0.244 e. The first-order valence-corrected chi connectivity index (χ1v) is 8.92. The molecule has 0 aliphatic heterocycles. The van der Waals surface area contributed by atoms with E-state index < -0.39 is 10.0 Å². The van der Waals surface area contributed by atoms with Gasteiger partial charge in [0.1, 0.15) is 4.90 Å². The molecule has 0 radical (unpaired) electrons. The van der Waals surface area contributed by atoms with Crippen molar-refractivity contribution < 1.29 is 8.42 Å². The first kappa shape index (κ1) is 16.2. The predicted octanol–water partition coefficient (Wildman–Crippen LogP) is 1.85. The Morgan fingerprint density at radius 3 is 2.67 bits per heavy atom. The zero-order chi connectivity index (χ0) is 15.6. The molecule has 1 atom stereocenters. The second kappa shape index (κ2) is 6.27. The van der Waals surface area contributed by atoms with Crippen LogP contribution in [0.4, 0.5) is 0 Å². The van der Waals surface area contributed by atoms with Gasteiger partial charge in [0.25, 0.3) is 0 Å². The van der Waals surface area contributed by atoms with Gasteiger partial charge in [-0.1, -0.05) is 0 Å². The minimum atomic E-state index is -3.62. The van der Waals surface area contributed by atoms with Crippen molar-refractivity contribution in [3.8, 4) is 0 Å². The van der Waals surface area contributed by atoms with Crippen molar-refractivity contribution in [3.63, 3.8) is 0 Å². The van der Waals surface area contributed by atoms with Crippen molar-refractivity contribution in [2.24, 2.45) is 0 Å². The van der Waals surface area contributed by atoms with Gasteiger partial charge in [-0.3, -0.25) is 5.10 Å². The lowest BCUT2D eigenvalue weighted by atomic mass is 10.3. The van der Waals surface area contributed by atoms with E-state index in [9.17, 15) is 8.42 Å². The second-order valence-corrected chi connectivity index (χ2v) is 7.92. The Balaban J connectivity index is 2.28. The summed E-state index contributed by atoms with van der Waals surface area (Å²) in [6.45, 7) is 5.95. The summed E-state index contributed by atoms with van der Waals surface area (Å²) in [6.07, 6.45) is 0. The summed E-state index contributed by atoms with van der Waals surface area (Å²) in [5, 5.41) is 9.72. The van der Waals surface area contributed by atoms with Crippen LogP contribution in [0.25, 0.3) is 0 Å². The van der Waals surface area contributed by atoms with Gasteiger partial charge in [-0.15, -0.1) is 11.3 Å². The zero-order valence-corrected chi connectivity index (χ0v) is 14.2. The first-order chi connectivity index (χ1) is 9.85. The van der Waals surface area contributed by atoms with Crippen molar-refractivity contribution in [2.45, 2.75) is 38.3 Å². The van der Waals surface area contributed by atoms with E-state index in [0.717, 1.165) is 9.75 Å². The van der Waals surface area contributed by atoms with Gasteiger partial charge in [-0.05, 0) is 40.0 Å². The molecule has 0 amide bonds. The minimum Gasteiger partial charge on any atom is -0.314 e. The van der Waals surface area contributed by atoms with E-state index in [1.807, 2.05) is 26.0 Å². The maximum absolute atomic E-state index is 12.6. The Hall–Kier alpha value is -1.22. The van der Waals surface area contributed by atoms with Crippen LogP contribution >= 0.6 is 11.3 Å². The van der Waals surface area contributed by atoms with E-state index in [0.29, 0.717) is 17.9 Å². The van der Waals surface area contributed by atoms with E-state index in [1.54, 1.807) is 25.3 Å². The predicted molar refractivity (Wildman–Crippen MR) is 83.9 cm³/mol. The van der Waals surface area contributed by atoms with Gasteiger partial charge >= 0.3 is 0 Å². The third kappa shape index (κ3) is 3.52. The van der Waals surface area contributed by atoms with Crippen LogP contribution in [-0.2, 0) is 16.6 Å². The maximum Gasteiger partial charge on any atom is 0.244 e. The number of thiophene rings is 1. The molecule has 1 unspecified atom stereocenters. The molecular weight excluding hydrogens is 308 g/mol. The average molecular weight is 328 g/mol. The fourth-order valence-corrected chi connectivity index (χ4v) is 4.69. The van der Waals surface area contributed by atoms with Crippen LogP contribution < -0.4 is 10.0 Å². The molecule has 0 aliphatic carbocycles. The van der Waals surface area contributed by atoms with E-state index in [4.69, 9.17) is 0 Å². The Morgan fingerprint density at radius 2 is 2.10 bits per heavy atom. The van der Waals surface area contributed by atoms with Gasteiger partial charge in [0.2, 0.25) is 10.0 Å². The van der Waals surface area contributed by atoms with Crippen LogP contribution in [0.2, 0.25) is 0 Å². The lowest BCUT2D eigenvalue weighted by molar-refractivity contribution is 0.566. The van der Waals surface area contributed by atoms with E-state index >= 15 is 0 Å². The van der Waals surface area contributed by atoms with Gasteiger partial charge in [-0.25, -0.2) is 13.1 Å². The lowest BCUT2D eigenvalue weighted by Crippen LogP contribution is -2.28. The molecule has 0 spiro atoms. The van der Waals surface area contributed by atoms with Crippen molar-refractivity contribution in [3.05, 3.63) is 33.3 Å². The number of hydrogen-bond donors (Lipinski definition) is 3. The van der Waals surface area contributed by atoms with Gasteiger partial charge < -0.3 is 5.32 Å². The third-order valence-electron chi connectivity index (χ3n) is 3.09. The highest BCUT2D eigenvalue weighted by atomic mass is 32.2. The van der Waals surface area contributed by atoms with Crippen LogP contribution in [0.15, 0.2) is 17.0 Å². The van der Waals surface area contributed by atoms with E-state index in [-0.39, 0.29) is 10.9 Å². The Morgan fingerprint density at radius 1 is 1.38 bits per heavy atom. The van der Waals surface area contributed by atoms with Gasteiger partial charge in [0.15, 0.2) is 0 Å². The number of nitrogens with zero attached hydrogens (tertiary/aromatic N) is 1. The molecule has 0 saturated carbocycles. The standard InChI is InChI=1S/C13H20N4O2S2/c1-8-5-6-12(20-8)9(2)17-21(18,19)13-10(3)15-16-11(13)7-14-4/h5-6,9,14,17H,7H2,1-4H3,(H,15,16). The number of aryl methyl sites for hydroxylation is 2. The summed E-state index contributed by atoms with van der Waals surface area (Å²) in [7, 11) is -1.86. The van der Waals surface area contributed by atoms with Crippen molar-refractivity contribution in [2.75, 3.05) is 7.05 Å². The molecule has 0 fully saturated rings. The summed E-state index contributed by atoms with van der Waals surface area (Å²) in [6, 6.07) is 3.66. The highest BCUT2D eigenvalue weighted by molar-refractivity contribution is 7.89. The Kier molecular flexibility index (Phi) is 4.82. The Bertz CT molecular complexity index is 718. The van der Waals surface area contributed by atoms with Crippen LogP contribution in [0.5, 0.6) is 0 Å². The molecule has 0 saturated heterocycles. The summed E-state index contributed by atoms with van der Waals surface area (Å²) in [4.78, 5) is 2.38. The van der Waals surface area contributed by atoms with Gasteiger partial charge in [0, 0.05) is 16.3 Å². The molecule has 0 bridgehead atoms. The highest BCUT2D eigenvalue weighted by Gasteiger charge is 2.26. The van der Waals surface area contributed by atoms with Crippen LogP contribution in [0.1, 0.15) is 34.1 Å². The fraction of sp³-hybridized carbons (Fsp3) is 0.462. The van der Waals surface area contributed by atoms with E-state index in [1.165, 1.54) is 0 Å². The molecule has 0 aromatic carbocycles. The minimum absolute atomic E-state index is 0.233. The number of H-pyrrole nitrogens is 1. The largest absolute Gasteiger partial charge is 0.314 e. The number of sulfonamides is 1. The molecule has 6 nitrogen and oxygen atoms in total.